The molecule has 1 unspecified atom stereocenters. The molecule has 172 valence electrons. The Kier molecular flexibility index (Phi) is 6.33. The maximum Gasteiger partial charge on any atom is 0.268 e. The van der Waals surface area contributed by atoms with Crippen LogP contribution in [0.15, 0.2) is 40.5 Å². The second-order valence-corrected chi connectivity index (χ2v) is 8.87. The molecular weight excluding hydrogens is 438 g/mol. The number of carbonyl (C=O) groups is 1. The van der Waals surface area contributed by atoms with Crippen molar-refractivity contribution in [1.82, 2.24) is 24.5 Å². The van der Waals surface area contributed by atoms with Crippen LogP contribution in [-0.4, -0.2) is 38.2 Å². The number of methoxy groups -OCH3 is 1. The molecule has 3 aromatic heterocycles. The monoisotopic (exact) mass is 465 g/mol. The summed E-state index contributed by atoms with van der Waals surface area (Å²) < 4.78 is 8.77. The molecule has 0 spiro atoms. The lowest BCUT2D eigenvalue weighted by Crippen LogP contribution is -2.34. The van der Waals surface area contributed by atoms with Crippen LogP contribution in [0.4, 0.5) is 0 Å². The van der Waals surface area contributed by atoms with E-state index in [1.807, 2.05) is 63.4 Å². The van der Waals surface area contributed by atoms with Crippen LogP contribution in [0.25, 0.3) is 21.9 Å². The van der Waals surface area contributed by atoms with Gasteiger partial charge in [-0.25, -0.2) is 9.67 Å². The summed E-state index contributed by atoms with van der Waals surface area (Å²) >= 11 is 1.35. The molecule has 33 heavy (non-hydrogen) atoms. The van der Waals surface area contributed by atoms with E-state index in [0.717, 1.165) is 17.8 Å². The molecule has 1 amide bonds. The van der Waals surface area contributed by atoms with Crippen molar-refractivity contribution in [2.24, 2.45) is 0 Å². The Hall–Kier alpha value is -3.46. The number of nitrogens with zero attached hydrogens (tertiary/aromatic N) is 4. The molecule has 0 bridgehead atoms. The van der Waals surface area contributed by atoms with E-state index in [9.17, 15) is 9.59 Å². The third-order valence-corrected chi connectivity index (χ3v) is 6.51. The summed E-state index contributed by atoms with van der Waals surface area (Å²) in [7, 11) is 1.61. The molecular formula is C24H27N5O3S. The zero-order valence-electron chi connectivity index (χ0n) is 19.4. The summed E-state index contributed by atoms with van der Waals surface area (Å²) in [6.45, 7) is 7.71. The van der Waals surface area contributed by atoms with Gasteiger partial charge in [0.05, 0.1) is 24.8 Å². The molecule has 1 aromatic carbocycles. The minimum atomic E-state index is -0.227. The van der Waals surface area contributed by atoms with Crippen molar-refractivity contribution in [3.05, 3.63) is 63.1 Å². The number of hydrogen-bond acceptors (Lipinski definition) is 6. The molecule has 0 aliphatic heterocycles. The van der Waals surface area contributed by atoms with Gasteiger partial charge in [0.2, 0.25) is 5.91 Å². The van der Waals surface area contributed by atoms with Crippen LogP contribution in [-0.2, 0) is 11.2 Å². The van der Waals surface area contributed by atoms with Crippen molar-refractivity contribution in [1.29, 1.82) is 0 Å². The van der Waals surface area contributed by atoms with Gasteiger partial charge in [-0.15, -0.1) is 11.3 Å². The van der Waals surface area contributed by atoms with Crippen molar-refractivity contribution in [2.75, 3.05) is 7.11 Å². The SMILES string of the molecule is CCC(C)NC(=O)Cc1csc2nc(C)c(-c3cc(C)n(-c4ccccc4OC)n3)c(=O)n12. The van der Waals surface area contributed by atoms with Gasteiger partial charge >= 0.3 is 0 Å². The number of aromatic nitrogens is 4. The number of benzene rings is 1. The Labute approximate surface area is 195 Å². The third-order valence-electron chi connectivity index (χ3n) is 5.64. The Bertz CT molecular complexity index is 1380. The molecule has 0 aliphatic carbocycles. The second kappa shape index (κ2) is 9.19. The van der Waals surface area contributed by atoms with Gasteiger partial charge in [-0.05, 0) is 45.4 Å². The summed E-state index contributed by atoms with van der Waals surface area (Å²) in [5.41, 5.74) is 3.59. The first-order valence-corrected chi connectivity index (χ1v) is 11.7. The van der Waals surface area contributed by atoms with Crippen LogP contribution in [0, 0.1) is 13.8 Å². The van der Waals surface area contributed by atoms with Gasteiger partial charge in [0.1, 0.15) is 17.1 Å². The average Bonchev–Trinajstić information content (AvgIpc) is 3.36. The van der Waals surface area contributed by atoms with E-state index in [1.54, 1.807) is 11.8 Å². The lowest BCUT2D eigenvalue weighted by atomic mass is 10.1. The highest BCUT2D eigenvalue weighted by Gasteiger charge is 2.21. The molecule has 0 aliphatic rings. The van der Waals surface area contributed by atoms with Crippen molar-refractivity contribution in [3.8, 4) is 22.7 Å². The Morgan fingerprint density at radius 3 is 2.76 bits per heavy atom. The van der Waals surface area contributed by atoms with E-state index >= 15 is 0 Å². The third kappa shape index (κ3) is 4.28. The zero-order chi connectivity index (χ0) is 23.7. The highest BCUT2D eigenvalue weighted by molar-refractivity contribution is 7.15. The van der Waals surface area contributed by atoms with Crippen molar-refractivity contribution < 1.29 is 9.53 Å². The number of thiazole rings is 1. The van der Waals surface area contributed by atoms with Gasteiger partial charge in [0.25, 0.3) is 5.56 Å². The number of fused-ring (bicyclic) bond motifs is 1. The maximum atomic E-state index is 13.6. The summed E-state index contributed by atoms with van der Waals surface area (Å²) in [6.07, 6.45) is 0.957. The first-order chi connectivity index (χ1) is 15.8. The van der Waals surface area contributed by atoms with Crippen molar-refractivity contribution >= 4 is 22.2 Å². The first-order valence-electron chi connectivity index (χ1n) is 10.8. The fourth-order valence-corrected chi connectivity index (χ4v) is 4.69. The van der Waals surface area contributed by atoms with Gasteiger partial charge in [0, 0.05) is 22.8 Å². The number of ether oxygens (including phenoxy) is 1. The van der Waals surface area contributed by atoms with E-state index in [0.29, 0.717) is 33.4 Å². The fraction of sp³-hybridized carbons (Fsp3) is 0.333. The van der Waals surface area contributed by atoms with Gasteiger partial charge in [0.15, 0.2) is 4.96 Å². The van der Waals surface area contributed by atoms with E-state index < -0.39 is 0 Å². The van der Waals surface area contributed by atoms with E-state index in [2.05, 4.69) is 10.3 Å². The van der Waals surface area contributed by atoms with Gasteiger partial charge < -0.3 is 10.1 Å². The van der Waals surface area contributed by atoms with E-state index in [1.165, 1.54) is 15.7 Å². The van der Waals surface area contributed by atoms with Crippen LogP contribution in [0.2, 0.25) is 0 Å². The van der Waals surface area contributed by atoms with E-state index in [4.69, 9.17) is 9.84 Å². The summed E-state index contributed by atoms with van der Waals surface area (Å²) in [5.74, 6) is 0.569. The van der Waals surface area contributed by atoms with Crippen LogP contribution < -0.4 is 15.6 Å². The normalized spacial score (nSPS) is 12.2. The Balaban J connectivity index is 1.79. The smallest absolute Gasteiger partial charge is 0.268 e. The van der Waals surface area contributed by atoms with Crippen LogP contribution in [0.5, 0.6) is 5.75 Å². The van der Waals surface area contributed by atoms with Crippen molar-refractivity contribution in [2.45, 2.75) is 46.6 Å². The lowest BCUT2D eigenvalue weighted by Gasteiger charge is -2.11. The van der Waals surface area contributed by atoms with Crippen LogP contribution >= 0.6 is 11.3 Å². The fourth-order valence-electron chi connectivity index (χ4n) is 3.76. The number of hydrogen-bond donors (Lipinski definition) is 1. The molecule has 9 heteroatoms. The summed E-state index contributed by atoms with van der Waals surface area (Å²) in [6, 6.07) is 9.53. The first kappa shape index (κ1) is 22.7. The molecule has 4 aromatic rings. The molecule has 1 atom stereocenters. The quantitative estimate of drug-likeness (QED) is 0.450. The van der Waals surface area contributed by atoms with Gasteiger partial charge in [-0.3, -0.25) is 14.0 Å². The van der Waals surface area contributed by atoms with E-state index in [-0.39, 0.29) is 23.9 Å². The highest BCUT2D eigenvalue weighted by Crippen LogP contribution is 2.27. The van der Waals surface area contributed by atoms with Crippen LogP contribution in [0.3, 0.4) is 0 Å². The number of para-hydroxylation sites is 2. The highest BCUT2D eigenvalue weighted by atomic mass is 32.1. The molecule has 0 saturated heterocycles. The number of rotatable bonds is 7. The number of aryl methyl sites for hydroxylation is 2. The number of nitrogens with one attached hydrogen (secondary N) is 1. The molecule has 0 saturated carbocycles. The zero-order valence-corrected chi connectivity index (χ0v) is 20.2. The lowest BCUT2D eigenvalue weighted by molar-refractivity contribution is -0.121. The Morgan fingerprint density at radius 1 is 1.27 bits per heavy atom. The Morgan fingerprint density at radius 2 is 2.03 bits per heavy atom. The largest absolute Gasteiger partial charge is 0.494 e. The minimum absolute atomic E-state index is 0.0805. The number of carbonyl (C=O) groups excluding carboxylic acids is 1. The second-order valence-electron chi connectivity index (χ2n) is 8.03. The van der Waals surface area contributed by atoms with Crippen LogP contribution in [0.1, 0.15) is 37.4 Å². The molecule has 4 rings (SSSR count). The maximum absolute atomic E-state index is 13.6. The summed E-state index contributed by atoms with van der Waals surface area (Å²) in [4.78, 5) is 31.3. The van der Waals surface area contributed by atoms with Crippen molar-refractivity contribution in [3.63, 3.8) is 0 Å². The molecule has 0 radical (unpaired) electrons. The average molecular weight is 466 g/mol. The number of amides is 1. The standard InChI is InChI=1S/C24H27N5O3S/c1-6-14(2)25-21(30)12-17-13-33-24-26-16(4)22(23(31)28(17)24)18-11-15(3)29(27-18)19-9-7-8-10-20(19)32-5/h7-11,13-14H,6,12H2,1-5H3,(H,25,30). The van der Waals surface area contributed by atoms with Gasteiger partial charge in [-0.2, -0.15) is 5.10 Å². The molecule has 8 nitrogen and oxygen atoms in total. The predicted molar refractivity (Wildman–Crippen MR) is 130 cm³/mol. The predicted octanol–water partition coefficient (Wildman–Crippen LogP) is 3.69. The van der Waals surface area contributed by atoms with Gasteiger partial charge in [-0.1, -0.05) is 19.1 Å². The molecule has 3 heterocycles. The topological polar surface area (TPSA) is 90.5 Å². The molecule has 0 fully saturated rings. The minimum Gasteiger partial charge on any atom is -0.494 e. The summed E-state index contributed by atoms with van der Waals surface area (Å²) in [5, 5.41) is 9.49. The molecule has 1 N–H and O–H groups in total.